The van der Waals surface area contributed by atoms with Crippen LogP contribution in [0.2, 0.25) is 0 Å². The second-order valence-corrected chi connectivity index (χ2v) is 12.9. The van der Waals surface area contributed by atoms with E-state index in [1.54, 1.807) is 19.2 Å². The van der Waals surface area contributed by atoms with Crippen LogP contribution >= 0.6 is 11.8 Å². The molecule has 0 bridgehead atoms. The predicted octanol–water partition coefficient (Wildman–Crippen LogP) is 1.83. The van der Waals surface area contributed by atoms with Crippen LogP contribution in [-0.4, -0.2) is 88.0 Å². The highest BCUT2D eigenvalue weighted by Crippen LogP contribution is 2.52. The number of phenols is 1. The number of amides is 4. The molecular weight excluding hydrogens is 649 g/mol. The molecule has 14 nitrogen and oxygen atoms in total. The zero-order chi connectivity index (χ0) is 34.6. The molecular formula is C29H25F3N6O8S. The molecule has 5 rings (SSSR count). The molecule has 0 unspecified atom stereocenters. The van der Waals surface area contributed by atoms with Crippen LogP contribution in [0.5, 0.6) is 5.75 Å². The Morgan fingerprint density at radius 2 is 1.70 bits per heavy atom. The molecule has 2 saturated heterocycles. The molecule has 3 heterocycles. The first-order valence-electron chi connectivity index (χ1n) is 13.6. The highest BCUT2D eigenvalue weighted by Gasteiger charge is 2.67. The molecule has 0 radical (unpaired) electrons. The van der Waals surface area contributed by atoms with Gasteiger partial charge >= 0.3 is 18.1 Å². The van der Waals surface area contributed by atoms with Gasteiger partial charge in [0.25, 0.3) is 23.3 Å². The van der Waals surface area contributed by atoms with Crippen molar-refractivity contribution in [2.75, 3.05) is 5.32 Å². The average Bonchev–Trinajstić information content (AvgIpc) is 3.26. The van der Waals surface area contributed by atoms with Crippen LogP contribution in [0.4, 0.5) is 18.9 Å². The standard InChI is InChI=1S/C29H25F3N6O8S/c1-28(2)19(26(44)45)38-24(43)18(25(38)47-28)37(23(42)17(33)12-5-9-15(39)10-6-12)22(41)16-11-34-20(36-21(16)40)13-3-7-14(8-4-13)35-27(46)29(30,31)32/h3-11,17-19,25,39H,33H2,1-2H3,(H,35,46)(H,44,45)(H,34,36,40)/t17-,18-,19+,25-/m1/s1. The second kappa shape index (κ2) is 11.8. The Balaban J connectivity index is 1.47. The zero-order valence-corrected chi connectivity index (χ0v) is 25.1. The number of nitrogens with one attached hydrogen (secondary N) is 2. The van der Waals surface area contributed by atoms with E-state index < -0.39 is 75.1 Å². The Hall–Kier alpha value is -5.23. The summed E-state index contributed by atoms with van der Waals surface area (Å²) in [5.41, 5.74) is 4.63. The van der Waals surface area contributed by atoms with Gasteiger partial charge in [0.1, 0.15) is 40.6 Å². The third kappa shape index (κ3) is 6.03. The molecule has 0 aliphatic carbocycles. The largest absolute Gasteiger partial charge is 0.508 e. The Labute approximate surface area is 266 Å². The van der Waals surface area contributed by atoms with E-state index in [2.05, 4.69) is 9.97 Å². The quantitative estimate of drug-likeness (QED) is 0.228. The van der Waals surface area contributed by atoms with Crippen LogP contribution in [0.15, 0.2) is 59.5 Å². The average molecular weight is 675 g/mol. The number of benzene rings is 2. The minimum atomic E-state index is -5.11. The third-order valence-electron chi connectivity index (χ3n) is 7.60. The van der Waals surface area contributed by atoms with Gasteiger partial charge in [0.2, 0.25) is 0 Å². The van der Waals surface area contributed by atoms with E-state index in [0.29, 0.717) is 4.90 Å². The number of aromatic hydroxyl groups is 1. The van der Waals surface area contributed by atoms with Crippen molar-refractivity contribution in [3.05, 3.63) is 76.2 Å². The summed E-state index contributed by atoms with van der Waals surface area (Å²) in [6.45, 7) is 3.19. The number of fused-ring (bicyclic) bond motifs is 1. The summed E-state index contributed by atoms with van der Waals surface area (Å²) in [7, 11) is 0. The molecule has 2 aliphatic heterocycles. The van der Waals surface area contributed by atoms with Crippen LogP contribution in [0, 0.1) is 0 Å². The Morgan fingerprint density at radius 3 is 2.26 bits per heavy atom. The number of anilines is 1. The zero-order valence-electron chi connectivity index (χ0n) is 24.3. The molecule has 6 N–H and O–H groups in total. The van der Waals surface area contributed by atoms with Crippen molar-refractivity contribution in [2.45, 2.75) is 48.3 Å². The maximum absolute atomic E-state index is 13.9. The van der Waals surface area contributed by atoms with Crippen LogP contribution in [0.25, 0.3) is 11.4 Å². The van der Waals surface area contributed by atoms with E-state index in [1.165, 1.54) is 36.4 Å². The molecule has 2 aromatic carbocycles. The number of carbonyl (C=O) groups excluding carboxylic acids is 4. The number of carboxylic acids is 1. The van der Waals surface area contributed by atoms with Gasteiger partial charge in [-0.15, -0.1) is 11.8 Å². The Morgan fingerprint density at radius 1 is 1.09 bits per heavy atom. The van der Waals surface area contributed by atoms with E-state index in [-0.39, 0.29) is 28.4 Å². The lowest BCUT2D eigenvalue weighted by Gasteiger charge is -2.47. The Kier molecular flexibility index (Phi) is 8.36. The Bertz CT molecular complexity index is 1850. The number of thioether (sulfide) groups is 1. The maximum Gasteiger partial charge on any atom is 0.471 e. The lowest BCUT2D eigenvalue weighted by atomic mass is 9.94. The SMILES string of the molecule is CC1(C)S[C@@H]2[C@H](N(C(=O)c3cnc(-c4ccc(NC(=O)C(F)(F)F)cc4)[nH]c3=O)C(=O)[C@H](N)c3ccc(O)cc3)C(=O)N2[C@H]1C(=O)O. The number of aromatic amines is 1. The van der Waals surface area contributed by atoms with Crippen LogP contribution < -0.4 is 16.6 Å². The van der Waals surface area contributed by atoms with E-state index in [1.807, 2.05) is 0 Å². The predicted molar refractivity (Wildman–Crippen MR) is 159 cm³/mol. The number of carbonyl (C=O) groups is 5. The molecule has 47 heavy (non-hydrogen) atoms. The van der Waals surface area contributed by atoms with Crippen LogP contribution in [0.3, 0.4) is 0 Å². The number of imide groups is 1. The molecule has 1 aromatic heterocycles. The fraction of sp³-hybridized carbons (Fsp3) is 0.276. The van der Waals surface area contributed by atoms with E-state index in [9.17, 15) is 52.2 Å². The van der Waals surface area contributed by atoms with Crippen molar-refractivity contribution < 1.29 is 47.4 Å². The van der Waals surface area contributed by atoms with Crippen molar-refractivity contribution in [3.63, 3.8) is 0 Å². The number of alkyl halides is 3. The summed E-state index contributed by atoms with van der Waals surface area (Å²) in [4.78, 5) is 85.6. The number of nitrogens with two attached hydrogens (primary N) is 1. The van der Waals surface area contributed by atoms with Gasteiger partial charge in [-0.1, -0.05) is 12.1 Å². The monoisotopic (exact) mass is 674 g/mol. The number of β-lactam (4-membered cyclic amide) rings is 1. The summed E-state index contributed by atoms with van der Waals surface area (Å²) < 4.78 is 36.6. The third-order valence-corrected chi connectivity index (χ3v) is 9.16. The number of aromatic nitrogens is 2. The topological polar surface area (TPSA) is 216 Å². The summed E-state index contributed by atoms with van der Waals surface area (Å²) in [5, 5.41) is 20.1. The summed E-state index contributed by atoms with van der Waals surface area (Å²) in [6, 6.07) is 5.57. The highest BCUT2D eigenvalue weighted by atomic mass is 32.2. The van der Waals surface area contributed by atoms with Crippen LogP contribution in [-0.2, 0) is 19.2 Å². The lowest BCUT2D eigenvalue weighted by Crippen LogP contribution is -2.72. The van der Waals surface area contributed by atoms with Gasteiger partial charge in [-0.25, -0.2) is 9.78 Å². The summed E-state index contributed by atoms with van der Waals surface area (Å²) >= 11 is 1.06. The summed E-state index contributed by atoms with van der Waals surface area (Å²) in [6.07, 6.45) is -4.26. The van der Waals surface area contributed by atoms with Crippen molar-refractivity contribution in [1.82, 2.24) is 19.8 Å². The van der Waals surface area contributed by atoms with Crippen molar-refractivity contribution in [3.8, 4) is 17.1 Å². The molecule has 3 aromatic rings. The molecule has 0 saturated carbocycles. The van der Waals surface area contributed by atoms with Gasteiger partial charge in [-0.05, 0) is 55.8 Å². The first-order valence-corrected chi connectivity index (χ1v) is 14.5. The first kappa shape index (κ1) is 33.1. The number of halogens is 3. The van der Waals surface area contributed by atoms with Gasteiger partial charge in [0.15, 0.2) is 0 Å². The van der Waals surface area contributed by atoms with Gasteiger partial charge in [-0.3, -0.25) is 28.9 Å². The second-order valence-electron chi connectivity index (χ2n) is 11.1. The maximum atomic E-state index is 13.9. The number of nitrogens with zero attached hydrogens (tertiary/aromatic N) is 3. The smallest absolute Gasteiger partial charge is 0.471 e. The van der Waals surface area contributed by atoms with Gasteiger partial charge in [0, 0.05) is 22.2 Å². The van der Waals surface area contributed by atoms with E-state index in [4.69, 9.17) is 5.73 Å². The van der Waals surface area contributed by atoms with Crippen LogP contribution in [0.1, 0.15) is 35.8 Å². The minimum absolute atomic E-state index is 0.123. The van der Waals surface area contributed by atoms with Gasteiger partial charge in [-0.2, -0.15) is 13.2 Å². The van der Waals surface area contributed by atoms with Gasteiger partial charge < -0.3 is 31.1 Å². The number of phenolic OH excluding ortho intramolecular Hbond substituents is 1. The number of rotatable bonds is 7. The number of carboxylic acid groups (broad SMARTS) is 1. The molecule has 18 heteroatoms. The number of hydrogen-bond donors (Lipinski definition) is 5. The normalized spacial score (nSPS) is 20.5. The summed E-state index contributed by atoms with van der Waals surface area (Å²) in [5.74, 6) is -6.90. The molecule has 4 atom stereocenters. The fourth-order valence-electron chi connectivity index (χ4n) is 5.31. The van der Waals surface area contributed by atoms with E-state index >= 15 is 0 Å². The lowest BCUT2D eigenvalue weighted by molar-refractivity contribution is -0.167. The van der Waals surface area contributed by atoms with Crippen molar-refractivity contribution >= 4 is 47.0 Å². The van der Waals surface area contributed by atoms with E-state index in [0.717, 1.165) is 35.0 Å². The number of hydrogen-bond acceptors (Lipinski definition) is 10. The number of aliphatic carboxylic acids is 1. The van der Waals surface area contributed by atoms with Gasteiger partial charge in [0.05, 0.1) is 0 Å². The number of H-pyrrole nitrogens is 1. The first-order chi connectivity index (χ1) is 21.9. The van der Waals surface area contributed by atoms with Crippen molar-refractivity contribution in [1.29, 1.82) is 0 Å². The minimum Gasteiger partial charge on any atom is -0.508 e. The fourth-order valence-corrected chi connectivity index (χ4v) is 6.98. The highest BCUT2D eigenvalue weighted by molar-refractivity contribution is 8.01. The molecule has 246 valence electrons. The molecule has 4 amide bonds. The molecule has 2 fully saturated rings. The van der Waals surface area contributed by atoms with Crippen molar-refractivity contribution in [2.24, 2.45) is 5.73 Å². The molecule has 2 aliphatic rings. The molecule has 0 spiro atoms.